The molecule has 0 aliphatic carbocycles. The topological polar surface area (TPSA) is 17.1 Å². The molecule has 0 bridgehead atoms. The molecule has 0 radical (unpaired) electrons. The second kappa shape index (κ2) is 5.78. The van der Waals surface area contributed by atoms with Crippen molar-refractivity contribution in [3.8, 4) is 0 Å². The summed E-state index contributed by atoms with van der Waals surface area (Å²) in [5.74, 6) is 0. The molecule has 0 aromatic heterocycles. The van der Waals surface area contributed by atoms with E-state index >= 15 is 0 Å². The third-order valence-corrected chi connectivity index (χ3v) is 1.69. The van der Waals surface area contributed by atoms with Gasteiger partial charge in [-0.3, -0.25) is 4.79 Å². The van der Waals surface area contributed by atoms with Crippen molar-refractivity contribution in [3.05, 3.63) is 34.9 Å². The molecule has 0 aliphatic rings. The molecule has 0 heterocycles. The predicted octanol–water partition coefficient (Wildman–Crippen LogP) is 3.22. The standard InChI is InChI=1S/C10H13ClO/c1-4-5-10(7-12)6-8(2)9(3)11/h5-7H,3-4H2,1-2H3/b8-6-,10-5+. The van der Waals surface area contributed by atoms with Crippen LogP contribution in [-0.2, 0) is 4.79 Å². The molecule has 0 amide bonds. The lowest BCUT2D eigenvalue weighted by Crippen LogP contribution is -1.82. The van der Waals surface area contributed by atoms with Gasteiger partial charge in [-0.05, 0) is 25.0 Å². The van der Waals surface area contributed by atoms with Gasteiger partial charge in [-0.2, -0.15) is 0 Å². The predicted molar refractivity (Wildman–Crippen MR) is 53.2 cm³/mol. The van der Waals surface area contributed by atoms with Gasteiger partial charge in [0.15, 0.2) is 0 Å². The fourth-order valence-corrected chi connectivity index (χ4v) is 0.760. The summed E-state index contributed by atoms with van der Waals surface area (Å²) in [5.41, 5.74) is 1.47. The molecule has 0 aromatic rings. The summed E-state index contributed by atoms with van der Waals surface area (Å²) in [5, 5.41) is 0.471. The van der Waals surface area contributed by atoms with Crippen molar-refractivity contribution in [2.24, 2.45) is 0 Å². The van der Waals surface area contributed by atoms with Crippen LogP contribution in [0.1, 0.15) is 20.3 Å². The smallest absolute Gasteiger partial charge is 0.149 e. The first-order valence-corrected chi connectivity index (χ1v) is 4.18. The largest absolute Gasteiger partial charge is 0.298 e. The van der Waals surface area contributed by atoms with Gasteiger partial charge < -0.3 is 0 Å². The van der Waals surface area contributed by atoms with Crippen LogP contribution < -0.4 is 0 Å². The Morgan fingerprint density at radius 3 is 2.50 bits per heavy atom. The first kappa shape index (κ1) is 11.2. The summed E-state index contributed by atoms with van der Waals surface area (Å²) in [6.45, 7) is 7.35. The minimum atomic E-state index is 0.471. The second-order valence-corrected chi connectivity index (χ2v) is 2.92. The van der Waals surface area contributed by atoms with E-state index in [0.29, 0.717) is 10.6 Å². The Morgan fingerprint density at radius 2 is 2.17 bits per heavy atom. The zero-order valence-electron chi connectivity index (χ0n) is 7.43. The molecular weight excluding hydrogens is 172 g/mol. The molecule has 12 heavy (non-hydrogen) atoms. The van der Waals surface area contributed by atoms with Crippen LogP contribution in [0.25, 0.3) is 0 Å². The lowest BCUT2D eigenvalue weighted by Gasteiger charge is -1.95. The van der Waals surface area contributed by atoms with Crippen molar-refractivity contribution in [3.63, 3.8) is 0 Å². The van der Waals surface area contributed by atoms with Gasteiger partial charge in [-0.25, -0.2) is 0 Å². The molecule has 0 N–H and O–H groups in total. The van der Waals surface area contributed by atoms with Gasteiger partial charge in [0.1, 0.15) is 6.29 Å². The number of hydrogen-bond donors (Lipinski definition) is 0. The number of rotatable bonds is 4. The molecule has 0 aliphatic heterocycles. The van der Waals surface area contributed by atoms with Gasteiger partial charge in [0.05, 0.1) is 0 Å². The molecule has 0 spiro atoms. The monoisotopic (exact) mass is 184 g/mol. The highest BCUT2D eigenvalue weighted by Crippen LogP contribution is 2.13. The van der Waals surface area contributed by atoms with Crippen molar-refractivity contribution in [1.29, 1.82) is 0 Å². The molecule has 0 aromatic carbocycles. The average Bonchev–Trinajstić information content (AvgIpc) is 2.03. The summed E-state index contributed by atoms with van der Waals surface area (Å²) in [4.78, 5) is 10.5. The van der Waals surface area contributed by atoms with E-state index in [1.807, 2.05) is 19.9 Å². The fourth-order valence-electron chi connectivity index (χ4n) is 0.705. The molecule has 66 valence electrons. The molecule has 1 nitrogen and oxygen atoms in total. The van der Waals surface area contributed by atoms with Gasteiger partial charge >= 0.3 is 0 Å². The first-order valence-electron chi connectivity index (χ1n) is 3.80. The summed E-state index contributed by atoms with van der Waals surface area (Å²) in [7, 11) is 0. The van der Waals surface area contributed by atoms with E-state index in [4.69, 9.17) is 11.6 Å². The maximum atomic E-state index is 10.5. The van der Waals surface area contributed by atoms with Gasteiger partial charge in [0, 0.05) is 10.6 Å². The first-order chi connectivity index (χ1) is 5.61. The highest BCUT2D eigenvalue weighted by Gasteiger charge is 1.94. The Labute approximate surface area is 78.4 Å². The Hall–Kier alpha value is -0.820. The van der Waals surface area contributed by atoms with E-state index in [9.17, 15) is 4.79 Å². The zero-order chi connectivity index (χ0) is 9.56. The van der Waals surface area contributed by atoms with E-state index in [1.54, 1.807) is 6.08 Å². The Bertz CT molecular complexity index is 236. The number of carbonyl (C=O) groups excluding carboxylic acids is 1. The molecule has 0 atom stereocenters. The Kier molecular flexibility index (Phi) is 5.39. The van der Waals surface area contributed by atoms with Gasteiger partial charge in [-0.15, -0.1) is 0 Å². The van der Waals surface area contributed by atoms with Crippen molar-refractivity contribution >= 4 is 17.9 Å². The molecule has 0 fully saturated rings. The zero-order valence-corrected chi connectivity index (χ0v) is 8.19. The van der Waals surface area contributed by atoms with Crippen LogP contribution in [0.2, 0.25) is 0 Å². The van der Waals surface area contributed by atoms with E-state index in [0.717, 1.165) is 18.3 Å². The molecule has 0 rings (SSSR count). The van der Waals surface area contributed by atoms with Crippen LogP contribution in [0.15, 0.2) is 34.9 Å². The van der Waals surface area contributed by atoms with E-state index < -0.39 is 0 Å². The van der Waals surface area contributed by atoms with Crippen LogP contribution in [0.4, 0.5) is 0 Å². The van der Waals surface area contributed by atoms with Crippen molar-refractivity contribution in [2.45, 2.75) is 20.3 Å². The SMILES string of the molecule is C=C(Cl)/C(C)=C\C(C=O)=C/CC. The second-order valence-electron chi connectivity index (χ2n) is 2.46. The number of carbonyl (C=O) groups is 1. The summed E-state index contributed by atoms with van der Waals surface area (Å²) in [6.07, 6.45) is 5.22. The molecule has 0 saturated carbocycles. The van der Waals surface area contributed by atoms with Crippen LogP contribution in [0.5, 0.6) is 0 Å². The van der Waals surface area contributed by atoms with Crippen LogP contribution in [0, 0.1) is 0 Å². The van der Waals surface area contributed by atoms with E-state index in [2.05, 4.69) is 6.58 Å². The number of allylic oxidation sites excluding steroid dienone is 5. The lowest BCUT2D eigenvalue weighted by atomic mass is 10.1. The number of halogens is 1. The van der Waals surface area contributed by atoms with Crippen molar-refractivity contribution < 1.29 is 4.79 Å². The summed E-state index contributed by atoms with van der Waals surface area (Å²) in [6, 6.07) is 0. The molecule has 0 saturated heterocycles. The highest BCUT2D eigenvalue weighted by atomic mass is 35.5. The third-order valence-electron chi connectivity index (χ3n) is 1.39. The molecule has 2 heteroatoms. The van der Waals surface area contributed by atoms with Crippen molar-refractivity contribution in [2.75, 3.05) is 0 Å². The fraction of sp³-hybridized carbons (Fsp3) is 0.300. The third kappa shape index (κ3) is 4.14. The maximum absolute atomic E-state index is 10.5. The quantitative estimate of drug-likeness (QED) is 0.373. The van der Waals surface area contributed by atoms with Crippen molar-refractivity contribution in [1.82, 2.24) is 0 Å². The van der Waals surface area contributed by atoms with Gasteiger partial charge in [0.25, 0.3) is 0 Å². The van der Waals surface area contributed by atoms with Crippen LogP contribution >= 0.6 is 11.6 Å². The lowest BCUT2D eigenvalue weighted by molar-refractivity contribution is -0.104. The highest BCUT2D eigenvalue weighted by molar-refractivity contribution is 6.31. The van der Waals surface area contributed by atoms with E-state index in [1.165, 1.54) is 0 Å². The minimum absolute atomic E-state index is 0.471. The summed E-state index contributed by atoms with van der Waals surface area (Å²) < 4.78 is 0. The molecule has 0 unspecified atom stereocenters. The summed E-state index contributed by atoms with van der Waals surface area (Å²) >= 11 is 5.62. The Morgan fingerprint density at radius 1 is 1.58 bits per heavy atom. The number of aldehydes is 1. The molecular formula is C10H13ClO. The average molecular weight is 185 g/mol. The van der Waals surface area contributed by atoms with Gasteiger partial charge in [0.2, 0.25) is 0 Å². The Balaban J connectivity index is 4.58. The van der Waals surface area contributed by atoms with Crippen LogP contribution in [0.3, 0.4) is 0 Å². The maximum Gasteiger partial charge on any atom is 0.149 e. The minimum Gasteiger partial charge on any atom is -0.298 e. The van der Waals surface area contributed by atoms with Crippen LogP contribution in [-0.4, -0.2) is 6.29 Å². The van der Waals surface area contributed by atoms with Gasteiger partial charge in [-0.1, -0.05) is 31.2 Å². The number of hydrogen-bond acceptors (Lipinski definition) is 1. The normalized spacial score (nSPS) is 12.9. The van der Waals surface area contributed by atoms with E-state index in [-0.39, 0.29) is 0 Å².